The topological polar surface area (TPSA) is 61.3 Å². The van der Waals surface area contributed by atoms with Crippen molar-refractivity contribution in [1.82, 2.24) is 9.97 Å². The van der Waals surface area contributed by atoms with Crippen LogP contribution in [0.3, 0.4) is 0 Å². The Labute approximate surface area is 144 Å². The summed E-state index contributed by atoms with van der Waals surface area (Å²) in [7, 11) is -0.514. The van der Waals surface area contributed by atoms with Crippen molar-refractivity contribution in [2.45, 2.75) is 38.9 Å². The third kappa shape index (κ3) is 3.06. The Bertz CT molecular complexity index is 747. The van der Waals surface area contributed by atoms with E-state index in [1.54, 1.807) is 12.3 Å². The molecule has 8 heteroatoms. The van der Waals surface area contributed by atoms with Crippen LogP contribution in [0.1, 0.15) is 43.1 Å². The smallest absolute Gasteiger partial charge is 0.399 e. The minimum atomic E-state index is -0.514. The lowest BCUT2D eigenvalue weighted by Gasteiger charge is -2.32. The lowest BCUT2D eigenvalue weighted by atomic mass is 9.89. The molecule has 0 N–H and O–H groups in total. The number of pyridine rings is 1. The molecule has 0 radical (unpaired) electrons. The number of hydrogen-bond acceptors (Lipinski definition) is 6. The van der Waals surface area contributed by atoms with Crippen LogP contribution in [0.2, 0.25) is 5.15 Å². The Morgan fingerprint density at radius 2 is 1.87 bits per heavy atom. The van der Waals surface area contributed by atoms with Crippen molar-refractivity contribution in [3.8, 4) is 0 Å². The van der Waals surface area contributed by atoms with E-state index in [1.165, 1.54) is 23.6 Å². The molecule has 3 rings (SSSR count). The number of halogens is 1. The molecule has 1 aliphatic heterocycles. The van der Waals surface area contributed by atoms with Gasteiger partial charge < -0.3 is 9.31 Å². The molecule has 1 fully saturated rings. The molecule has 2 aromatic rings. The maximum atomic E-state index is 12.5. The maximum Gasteiger partial charge on any atom is 0.507 e. The van der Waals surface area contributed by atoms with Crippen LogP contribution < -0.4 is 4.78 Å². The number of hydrogen-bond donors (Lipinski definition) is 0. The first-order valence-electron chi connectivity index (χ1n) is 7.17. The van der Waals surface area contributed by atoms with Gasteiger partial charge in [0.1, 0.15) is 5.15 Å². The third-order valence-electron chi connectivity index (χ3n) is 4.19. The van der Waals surface area contributed by atoms with Gasteiger partial charge in [-0.25, -0.2) is 9.97 Å². The fraction of sp³-hybridized carbons (Fsp3) is 0.400. The molecule has 0 aromatic carbocycles. The van der Waals surface area contributed by atoms with Crippen molar-refractivity contribution in [1.29, 1.82) is 0 Å². The zero-order valence-electron chi connectivity index (χ0n) is 13.3. The molecule has 5 nitrogen and oxygen atoms in total. The van der Waals surface area contributed by atoms with Gasteiger partial charge in [-0.1, -0.05) is 11.6 Å². The number of nitrogens with zero attached hydrogens (tertiary/aromatic N) is 2. The average Bonchev–Trinajstić information content (AvgIpc) is 3.01. The standard InChI is InChI=1S/C15H16BClN2O3S/c1-14(2)15(3,4)22-16(21-14)10-8-19-13(23-10)12(20)9-5-6-18-11(17)7-9/h5-8H,1-4H3. The summed E-state index contributed by atoms with van der Waals surface area (Å²) in [6, 6.07) is 3.14. The quantitative estimate of drug-likeness (QED) is 0.484. The Hall–Kier alpha value is -1.28. The molecular formula is C15H16BClN2O3S. The van der Waals surface area contributed by atoms with E-state index in [-0.39, 0.29) is 10.9 Å². The van der Waals surface area contributed by atoms with Gasteiger partial charge in [-0.3, -0.25) is 4.79 Å². The highest BCUT2D eigenvalue weighted by Gasteiger charge is 2.52. The van der Waals surface area contributed by atoms with Crippen LogP contribution in [0.15, 0.2) is 24.5 Å². The largest absolute Gasteiger partial charge is 0.507 e. The third-order valence-corrected chi connectivity index (χ3v) is 5.42. The monoisotopic (exact) mass is 350 g/mol. The van der Waals surface area contributed by atoms with Crippen LogP contribution in [0.25, 0.3) is 0 Å². The molecule has 3 heterocycles. The molecule has 120 valence electrons. The molecule has 23 heavy (non-hydrogen) atoms. The fourth-order valence-electron chi connectivity index (χ4n) is 2.13. The summed E-state index contributed by atoms with van der Waals surface area (Å²) in [5, 5.41) is 0.649. The second kappa shape index (κ2) is 5.67. The molecule has 1 aliphatic rings. The second-order valence-electron chi connectivity index (χ2n) is 6.35. The molecular weight excluding hydrogens is 335 g/mol. The van der Waals surface area contributed by atoms with E-state index in [9.17, 15) is 4.79 Å². The SMILES string of the molecule is CC1(C)OB(c2cnc(C(=O)c3ccnc(Cl)c3)s2)OC1(C)C. The van der Waals surface area contributed by atoms with Crippen LogP contribution in [-0.2, 0) is 9.31 Å². The van der Waals surface area contributed by atoms with Crippen molar-refractivity contribution in [3.05, 3.63) is 40.3 Å². The van der Waals surface area contributed by atoms with E-state index < -0.39 is 18.3 Å². The summed E-state index contributed by atoms with van der Waals surface area (Å²) < 4.78 is 12.7. The van der Waals surface area contributed by atoms with E-state index >= 15 is 0 Å². The van der Waals surface area contributed by atoms with Gasteiger partial charge >= 0.3 is 7.12 Å². The molecule has 0 saturated carbocycles. The number of carbonyl (C=O) groups excluding carboxylic acids is 1. The minimum absolute atomic E-state index is 0.193. The van der Waals surface area contributed by atoms with Gasteiger partial charge in [0.25, 0.3) is 0 Å². The predicted molar refractivity (Wildman–Crippen MR) is 90.5 cm³/mol. The number of aromatic nitrogens is 2. The highest BCUT2D eigenvalue weighted by atomic mass is 35.5. The molecule has 0 unspecified atom stereocenters. The molecule has 2 aromatic heterocycles. The first-order valence-corrected chi connectivity index (χ1v) is 8.37. The first-order chi connectivity index (χ1) is 10.7. The molecule has 0 aliphatic carbocycles. The van der Waals surface area contributed by atoms with Gasteiger partial charge in [-0.2, -0.15) is 0 Å². The van der Waals surface area contributed by atoms with Gasteiger partial charge in [0.05, 0.1) is 16.0 Å². The number of ketones is 1. The second-order valence-corrected chi connectivity index (χ2v) is 7.80. The summed E-state index contributed by atoms with van der Waals surface area (Å²) in [6.07, 6.45) is 3.13. The Balaban J connectivity index is 1.83. The van der Waals surface area contributed by atoms with Crippen molar-refractivity contribution in [2.24, 2.45) is 0 Å². The van der Waals surface area contributed by atoms with Crippen LogP contribution in [-0.4, -0.2) is 34.1 Å². The highest BCUT2D eigenvalue weighted by Crippen LogP contribution is 2.36. The number of rotatable bonds is 3. The van der Waals surface area contributed by atoms with Gasteiger partial charge in [0, 0.05) is 18.0 Å². The number of carbonyl (C=O) groups is 1. The van der Waals surface area contributed by atoms with E-state index in [4.69, 9.17) is 20.9 Å². The summed E-state index contributed by atoms with van der Waals surface area (Å²) in [5.41, 5.74) is -0.394. The molecule has 0 amide bonds. The van der Waals surface area contributed by atoms with Crippen LogP contribution in [0.5, 0.6) is 0 Å². The molecule has 0 bridgehead atoms. The van der Waals surface area contributed by atoms with E-state index in [2.05, 4.69) is 9.97 Å². The summed E-state index contributed by atoms with van der Waals surface area (Å²) in [6.45, 7) is 7.94. The van der Waals surface area contributed by atoms with Gasteiger partial charge in [0.2, 0.25) is 5.78 Å². The number of thiazole rings is 1. The highest BCUT2D eigenvalue weighted by molar-refractivity contribution is 7.23. The van der Waals surface area contributed by atoms with Crippen molar-refractivity contribution >= 4 is 40.6 Å². The molecule has 1 saturated heterocycles. The van der Waals surface area contributed by atoms with Crippen LogP contribution in [0.4, 0.5) is 0 Å². The van der Waals surface area contributed by atoms with E-state index in [0.29, 0.717) is 10.6 Å². The summed E-state index contributed by atoms with van der Waals surface area (Å²) in [4.78, 5) is 20.5. The van der Waals surface area contributed by atoms with Crippen molar-refractivity contribution in [2.75, 3.05) is 0 Å². The molecule has 0 spiro atoms. The van der Waals surface area contributed by atoms with Gasteiger partial charge in [-0.05, 0) is 39.8 Å². The molecule has 0 atom stereocenters. The normalized spacial score (nSPS) is 19.1. The lowest BCUT2D eigenvalue weighted by Crippen LogP contribution is -2.41. The van der Waals surface area contributed by atoms with Gasteiger partial charge in [0.15, 0.2) is 5.01 Å². The minimum Gasteiger partial charge on any atom is -0.399 e. The first kappa shape index (κ1) is 16.6. The summed E-state index contributed by atoms with van der Waals surface area (Å²) >= 11 is 7.09. The predicted octanol–water partition coefficient (Wildman–Crippen LogP) is 2.72. The van der Waals surface area contributed by atoms with Crippen molar-refractivity contribution < 1.29 is 14.1 Å². The average molecular weight is 351 g/mol. The maximum absolute atomic E-state index is 12.5. The Kier molecular flexibility index (Phi) is 4.08. The van der Waals surface area contributed by atoms with Crippen LogP contribution >= 0.6 is 22.9 Å². The zero-order valence-corrected chi connectivity index (χ0v) is 14.9. The lowest BCUT2D eigenvalue weighted by molar-refractivity contribution is 0.00578. The van der Waals surface area contributed by atoms with Gasteiger partial charge in [-0.15, -0.1) is 11.3 Å². The Morgan fingerprint density at radius 3 is 2.48 bits per heavy atom. The Morgan fingerprint density at radius 1 is 1.22 bits per heavy atom. The van der Waals surface area contributed by atoms with E-state index in [1.807, 2.05) is 27.7 Å². The fourth-order valence-corrected chi connectivity index (χ4v) is 3.14. The van der Waals surface area contributed by atoms with E-state index in [0.717, 1.165) is 4.78 Å². The zero-order chi connectivity index (χ0) is 16.8. The summed E-state index contributed by atoms with van der Waals surface area (Å²) in [5.74, 6) is -0.193. The van der Waals surface area contributed by atoms with Crippen molar-refractivity contribution in [3.63, 3.8) is 0 Å². The van der Waals surface area contributed by atoms with Crippen LogP contribution in [0, 0.1) is 0 Å².